The fourth-order valence-corrected chi connectivity index (χ4v) is 1.54. The molecule has 0 aliphatic heterocycles. The van der Waals surface area contributed by atoms with E-state index in [9.17, 15) is 9.59 Å². The molecule has 0 aliphatic carbocycles. The van der Waals surface area contributed by atoms with Crippen LogP contribution >= 0.6 is 0 Å². The topological polar surface area (TPSA) is 52.6 Å². The average Bonchev–Trinajstić information content (AvgIpc) is 2.28. The first kappa shape index (κ1) is 16.9. The van der Waals surface area contributed by atoms with Gasteiger partial charge < -0.3 is 9.47 Å². The fourth-order valence-electron chi connectivity index (χ4n) is 1.54. The average molecular weight is 258 g/mol. The van der Waals surface area contributed by atoms with E-state index in [2.05, 4.69) is 6.92 Å². The van der Waals surface area contributed by atoms with Crippen LogP contribution in [0.2, 0.25) is 0 Å². The maximum Gasteiger partial charge on any atom is 0.309 e. The van der Waals surface area contributed by atoms with E-state index in [4.69, 9.17) is 9.47 Å². The van der Waals surface area contributed by atoms with Gasteiger partial charge in [-0.15, -0.1) is 0 Å². The summed E-state index contributed by atoms with van der Waals surface area (Å²) in [6, 6.07) is 0. The summed E-state index contributed by atoms with van der Waals surface area (Å²) >= 11 is 0. The van der Waals surface area contributed by atoms with Gasteiger partial charge >= 0.3 is 11.9 Å². The van der Waals surface area contributed by atoms with E-state index in [1.807, 2.05) is 6.92 Å². The molecule has 0 aromatic heterocycles. The number of esters is 2. The number of unbranched alkanes of at least 4 members (excludes halogenated alkanes) is 3. The van der Waals surface area contributed by atoms with Gasteiger partial charge in [0.2, 0.25) is 0 Å². The molecule has 106 valence electrons. The molecule has 0 spiro atoms. The number of carbonyl (C=O) groups excluding carboxylic acids is 2. The van der Waals surface area contributed by atoms with Gasteiger partial charge in [-0.1, -0.05) is 33.1 Å². The van der Waals surface area contributed by atoms with Crippen LogP contribution in [0.15, 0.2) is 0 Å². The molecule has 0 amide bonds. The maximum atomic E-state index is 11.4. The Balaban J connectivity index is 3.58. The molecule has 1 unspecified atom stereocenters. The molecule has 0 aliphatic rings. The minimum Gasteiger partial charge on any atom is -0.466 e. The standard InChI is InChI=1S/C14H26O4/c1-4-6-7-8-10-17-14(16)11-12(3)18-13(15)9-5-2/h12H,4-11H2,1-3H3. The highest BCUT2D eigenvalue weighted by Crippen LogP contribution is 2.04. The van der Waals surface area contributed by atoms with Gasteiger partial charge in [0.15, 0.2) is 0 Å². The van der Waals surface area contributed by atoms with E-state index >= 15 is 0 Å². The molecule has 0 heterocycles. The van der Waals surface area contributed by atoms with Crippen LogP contribution in [0.5, 0.6) is 0 Å². The monoisotopic (exact) mass is 258 g/mol. The first-order chi connectivity index (χ1) is 8.60. The van der Waals surface area contributed by atoms with Crippen LogP contribution in [0.25, 0.3) is 0 Å². The summed E-state index contributed by atoms with van der Waals surface area (Å²) in [6.07, 6.45) is 5.23. The van der Waals surface area contributed by atoms with E-state index in [0.717, 1.165) is 19.3 Å². The number of carbonyl (C=O) groups is 2. The van der Waals surface area contributed by atoms with E-state index in [-0.39, 0.29) is 18.4 Å². The molecule has 18 heavy (non-hydrogen) atoms. The molecule has 0 N–H and O–H groups in total. The Kier molecular flexibility index (Phi) is 10.4. The summed E-state index contributed by atoms with van der Waals surface area (Å²) in [4.78, 5) is 22.6. The summed E-state index contributed by atoms with van der Waals surface area (Å²) in [5.41, 5.74) is 0. The molecule has 0 aromatic carbocycles. The number of hydrogen-bond donors (Lipinski definition) is 0. The maximum absolute atomic E-state index is 11.4. The van der Waals surface area contributed by atoms with Gasteiger partial charge in [-0.05, 0) is 19.8 Å². The van der Waals surface area contributed by atoms with Gasteiger partial charge in [0, 0.05) is 6.42 Å². The Hall–Kier alpha value is -1.06. The summed E-state index contributed by atoms with van der Waals surface area (Å²) in [5, 5.41) is 0. The van der Waals surface area contributed by atoms with E-state index in [0.29, 0.717) is 13.0 Å². The molecule has 4 nitrogen and oxygen atoms in total. The second-order valence-corrected chi connectivity index (χ2v) is 4.54. The second kappa shape index (κ2) is 11.1. The normalized spacial score (nSPS) is 11.9. The largest absolute Gasteiger partial charge is 0.466 e. The van der Waals surface area contributed by atoms with Crippen LogP contribution < -0.4 is 0 Å². The second-order valence-electron chi connectivity index (χ2n) is 4.54. The molecule has 4 heteroatoms. The summed E-state index contributed by atoms with van der Waals surface area (Å²) in [6.45, 7) is 6.23. The Bertz CT molecular complexity index is 238. The highest BCUT2D eigenvalue weighted by molar-refractivity contribution is 5.72. The van der Waals surface area contributed by atoms with Crippen molar-refractivity contribution in [3.63, 3.8) is 0 Å². The lowest BCUT2D eigenvalue weighted by Gasteiger charge is -2.12. The lowest BCUT2D eigenvalue weighted by Crippen LogP contribution is -2.20. The Morgan fingerprint density at radius 1 is 1.00 bits per heavy atom. The summed E-state index contributed by atoms with van der Waals surface area (Å²) < 4.78 is 10.1. The Morgan fingerprint density at radius 2 is 1.72 bits per heavy atom. The van der Waals surface area contributed by atoms with Gasteiger partial charge in [0.1, 0.15) is 6.10 Å². The van der Waals surface area contributed by atoms with E-state index in [1.54, 1.807) is 6.92 Å². The van der Waals surface area contributed by atoms with Crippen LogP contribution in [0.4, 0.5) is 0 Å². The van der Waals surface area contributed by atoms with Crippen LogP contribution in [0.1, 0.15) is 65.7 Å². The Labute approximate surface area is 110 Å². The van der Waals surface area contributed by atoms with Crippen LogP contribution in [0.3, 0.4) is 0 Å². The molecule has 1 atom stereocenters. The fraction of sp³-hybridized carbons (Fsp3) is 0.857. The zero-order valence-corrected chi connectivity index (χ0v) is 11.9. The number of ether oxygens (including phenoxy) is 2. The van der Waals surface area contributed by atoms with E-state index in [1.165, 1.54) is 12.8 Å². The highest BCUT2D eigenvalue weighted by atomic mass is 16.6. The predicted octanol–water partition coefficient (Wildman–Crippen LogP) is 3.23. The quantitative estimate of drug-likeness (QED) is 0.446. The van der Waals surface area contributed by atoms with Gasteiger partial charge in [-0.2, -0.15) is 0 Å². The van der Waals surface area contributed by atoms with Crippen LogP contribution in [-0.2, 0) is 19.1 Å². The van der Waals surface area contributed by atoms with Crippen molar-refractivity contribution in [1.82, 2.24) is 0 Å². The molecule has 0 fully saturated rings. The van der Waals surface area contributed by atoms with Gasteiger partial charge in [0.25, 0.3) is 0 Å². The van der Waals surface area contributed by atoms with Crippen molar-refractivity contribution in [2.24, 2.45) is 0 Å². The van der Waals surface area contributed by atoms with Crippen LogP contribution in [0, 0.1) is 0 Å². The zero-order valence-electron chi connectivity index (χ0n) is 11.9. The Morgan fingerprint density at radius 3 is 2.33 bits per heavy atom. The third kappa shape index (κ3) is 10.1. The molecule has 0 saturated heterocycles. The molecule has 0 radical (unpaired) electrons. The lowest BCUT2D eigenvalue weighted by molar-refractivity contribution is -0.154. The number of rotatable bonds is 10. The van der Waals surface area contributed by atoms with E-state index < -0.39 is 6.10 Å². The van der Waals surface area contributed by atoms with Crippen molar-refractivity contribution in [2.75, 3.05) is 6.61 Å². The lowest BCUT2D eigenvalue weighted by atomic mass is 10.2. The molecule has 0 bridgehead atoms. The van der Waals surface area contributed by atoms with Crippen molar-refractivity contribution in [1.29, 1.82) is 0 Å². The van der Waals surface area contributed by atoms with Gasteiger partial charge in [-0.3, -0.25) is 9.59 Å². The third-order valence-electron chi connectivity index (χ3n) is 2.50. The summed E-state index contributed by atoms with van der Waals surface area (Å²) in [5.74, 6) is -0.538. The van der Waals surface area contributed by atoms with Gasteiger partial charge in [0.05, 0.1) is 13.0 Å². The molecular formula is C14H26O4. The smallest absolute Gasteiger partial charge is 0.309 e. The van der Waals surface area contributed by atoms with Crippen molar-refractivity contribution < 1.29 is 19.1 Å². The SMILES string of the molecule is CCCCCCOC(=O)CC(C)OC(=O)CCC. The number of hydrogen-bond acceptors (Lipinski definition) is 4. The molecular weight excluding hydrogens is 232 g/mol. The molecule has 0 saturated carbocycles. The predicted molar refractivity (Wildman–Crippen MR) is 70.2 cm³/mol. The van der Waals surface area contributed by atoms with Crippen molar-refractivity contribution >= 4 is 11.9 Å². The highest BCUT2D eigenvalue weighted by Gasteiger charge is 2.14. The first-order valence-electron chi connectivity index (χ1n) is 6.95. The zero-order chi connectivity index (χ0) is 13.8. The van der Waals surface area contributed by atoms with Crippen molar-refractivity contribution in [3.05, 3.63) is 0 Å². The minimum atomic E-state index is -0.396. The van der Waals surface area contributed by atoms with Crippen molar-refractivity contribution in [2.45, 2.75) is 71.8 Å². The van der Waals surface area contributed by atoms with Crippen molar-refractivity contribution in [3.8, 4) is 0 Å². The summed E-state index contributed by atoms with van der Waals surface area (Å²) in [7, 11) is 0. The molecule has 0 rings (SSSR count). The van der Waals surface area contributed by atoms with Crippen LogP contribution in [-0.4, -0.2) is 24.6 Å². The molecule has 0 aromatic rings. The third-order valence-corrected chi connectivity index (χ3v) is 2.50. The minimum absolute atomic E-state index is 0.142. The van der Waals surface area contributed by atoms with Gasteiger partial charge in [-0.25, -0.2) is 0 Å². The first-order valence-corrected chi connectivity index (χ1v) is 6.95.